The SMILES string of the molecule is Cc1nc(N)c(C=S)c(-c2ccccc2F)n1. The Morgan fingerprint density at radius 2 is 2.00 bits per heavy atom. The Hall–Kier alpha value is -1.88. The molecule has 0 fully saturated rings. The molecule has 86 valence electrons. The third-order valence-corrected chi connectivity index (χ3v) is 2.57. The molecule has 0 aliphatic rings. The van der Waals surface area contributed by atoms with Crippen LogP contribution in [0.2, 0.25) is 0 Å². The first kappa shape index (κ1) is 11.6. The highest BCUT2D eigenvalue weighted by molar-refractivity contribution is 7.79. The van der Waals surface area contributed by atoms with Gasteiger partial charge in [0.15, 0.2) is 0 Å². The van der Waals surface area contributed by atoms with Gasteiger partial charge in [-0.25, -0.2) is 14.4 Å². The number of nitrogens with zero attached hydrogens (tertiary/aromatic N) is 2. The number of rotatable bonds is 2. The van der Waals surface area contributed by atoms with Gasteiger partial charge in [-0.1, -0.05) is 24.4 Å². The van der Waals surface area contributed by atoms with Crippen molar-refractivity contribution in [1.82, 2.24) is 9.97 Å². The van der Waals surface area contributed by atoms with Crippen molar-refractivity contribution in [1.29, 1.82) is 0 Å². The molecule has 2 rings (SSSR count). The average Bonchev–Trinajstić information content (AvgIpc) is 2.28. The van der Waals surface area contributed by atoms with Crippen molar-refractivity contribution in [3.63, 3.8) is 0 Å². The van der Waals surface area contributed by atoms with Gasteiger partial charge in [0.1, 0.15) is 17.5 Å². The molecule has 0 saturated heterocycles. The second kappa shape index (κ2) is 4.55. The van der Waals surface area contributed by atoms with E-state index in [4.69, 9.17) is 18.0 Å². The van der Waals surface area contributed by atoms with Gasteiger partial charge in [-0.15, -0.1) is 0 Å². The fourth-order valence-corrected chi connectivity index (χ4v) is 1.81. The Morgan fingerprint density at radius 1 is 1.29 bits per heavy atom. The number of hydrogen-bond donors (Lipinski definition) is 1. The zero-order valence-corrected chi connectivity index (χ0v) is 9.96. The molecule has 5 heteroatoms. The van der Waals surface area contributed by atoms with E-state index in [2.05, 4.69) is 9.97 Å². The molecule has 3 nitrogen and oxygen atoms in total. The van der Waals surface area contributed by atoms with Crippen molar-refractivity contribution >= 4 is 23.4 Å². The fourth-order valence-electron chi connectivity index (χ4n) is 1.58. The maximum absolute atomic E-state index is 13.7. The van der Waals surface area contributed by atoms with Crippen molar-refractivity contribution in [2.24, 2.45) is 0 Å². The van der Waals surface area contributed by atoms with Crippen LogP contribution in [0.25, 0.3) is 11.3 Å². The molecule has 0 amide bonds. The Balaban J connectivity index is 2.75. The normalized spacial score (nSPS) is 10.2. The minimum absolute atomic E-state index is 0.269. The van der Waals surface area contributed by atoms with Crippen molar-refractivity contribution in [2.75, 3.05) is 5.73 Å². The molecule has 1 aromatic heterocycles. The fraction of sp³-hybridized carbons (Fsp3) is 0.0833. The summed E-state index contributed by atoms with van der Waals surface area (Å²) in [6.45, 7) is 1.70. The molecular weight excluding hydrogens is 237 g/mol. The van der Waals surface area contributed by atoms with Gasteiger partial charge in [0.25, 0.3) is 0 Å². The van der Waals surface area contributed by atoms with Gasteiger partial charge in [0.2, 0.25) is 0 Å². The minimum atomic E-state index is -0.358. The number of hydrogen-bond acceptors (Lipinski definition) is 4. The summed E-state index contributed by atoms with van der Waals surface area (Å²) in [7, 11) is 0. The van der Waals surface area contributed by atoms with Crippen LogP contribution in [0, 0.1) is 12.7 Å². The second-order valence-electron chi connectivity index (χ2n) is 3.52. The summed E-state index contributed by atoms with van der Waals surface area (Å²) in [5.41, 5.74) is 7.04. The van der Waals surface area contributed by atoms with Crippen LogP contribution in [0.3, 0.4) is 0 Å². The Kier molecular flexibility index (Phi) is 3.10. The first-order chi connectivity index (χ1) is 8.13. The van der Waals surface area contributed by atoms with E-state index in [9.17, 15) is 4.39 Å². The summed E-state index contributed by atoms with van der Waals surface area (Å²) < 4.78 is 13.7. The zero-order valence-electron chi connectivity index (χ0n) is 9.14. The third kappa shape index (κ3) is 2.14. The van der Waals surface area contributed by atoms with Crippen LogP contribution in [0.4, 0.5) is 10.2 Å². The number of nitrogen functional groups attached to an aromatic ring is 1. The molecule has 0 aliphatic carbocycles. The molecule has 0 spiro atoms. The van der Waals surface area contributed by atoms with Gasteiger partial charge >= 0.3 is 0 Å². The second-order valence-corrected chi connectivity index (χ2v) is 3.75. The van der Waals surface area contributed by atoms with Crippen LogP contribution in [-0.4, -0.2) is 15.3 Å². The highest BCUT2D eigenvalue weighted by atomic mass is 32.1. The summed E-state index contributed by atoms with van der Waals surface area (Å²) in [5, 5.41) is 1.37. The molecule has 0 atom stereocenters. The maximum Gasteiger partial charge on any atom is 0.135 e. The molecule has 2 N–H and O–H groups in total. The van der Waals surface area contributed by atoms with Crippen LogP contribution in [0.1, 0.15) is 11.4 Å². The molecule has 0 saturated carbocycles. The van der Waals surface area contributed by atoms with E-state index in [1.165, 1.54) is 11.4 Å². The monoisotopic (exact) mass is 247 g/mol. The molecular formula is C12H10FN3S. The average molecular weight is 247 g/mol. The Bertz CT molecular complexity index is 584. The number of halogens is 1. The van der Waals surface area contributed by atoms with E-state index in [0.29, 0.717) is 22.6 Å². The van der Waals surface area contributed by atoms with Crippen molar-refractivity contribution in [3.05, 3.63) is 41.5 Å². The largest absolute Gasteiger partial charge is 0.383 e. The minimum Gasteiger partial charge on any atom is -0.383 e. The lowest BCUT2D eigenvalue weighted by molar-refractivity contribution is 0.630. The van der Waals surface area contributed by atoms with Crippen LogP contribution in [0.15, 0.2) is 24.3 Å². The van der Waals surface area contributed by atoms with Crippen LogP contribution >= 0.6 is 12.2 Å². The molecule has 0 unspecified atom stereocenters. The van der Waals surface area contributed by atoms with Gasteiger partial charge in [-0.3, -0.25) is 0 Å². The highest BCUT2D eigenvalue weighted by Crippen LogP contribution is 2.26. The van der Waals surface area contributed by atoms with Crippen molar-refractivity contribution < 1.29 is 4.39 Å². The summed E-state index contributed by atoms with van der Waals surface area (Å²) >= 11 is 4.87. The molecule has 0 aliphatic heterocycles. The lowest BCUT2D eigenvalue weighted by atomic mass is 10.1. The quantitative estimate of drug-likeness (QED) is 0.828. The van der Waals surface area contributed by atoms with Crippen LogP contribution in [0.5, 0.6) is 0 Å². The molecule has 0 bridgehead atoms. The number of nitrogens with two attached hydrogens (primary N) is 1. The molecule has 0 radical (unpaired) electrons. The Labute approximate surface area is 104 Å². The van der Waals surface area contributed by atoms with E-state index in [1.54, 1.807) is 25.1 Å². The smallest absolute Gasteiger partial charge is 0.135 e. The van der Waals surface area contributed by atoms with Crippen molar-refractivity contribution in [3.8, 4) is 11.3 Å². The molecule has 17 heavy (non-hydrogen) atoms. The van der Waals surface area contributed by atoms with Gasteiger partial charge in [0.05, 0.1) is 11.3 Å². The first-order valence-corrected chi connectivity index (χ1v) is 5.45. The van der Waals surface area contributed by atoms with E-state index in [1.807, 2.05) is 0 Å². The van der Waals surface area contributed by atoms with E-state index in [-0.39, 0.29) is 11.6 Å². The van der Waals surface area contributed by atoms with Gasteiger partial charge in [-0.2, -0.15) is 0 Å². The third-order valence-electron chi connectivity index (χ3n) is 2.33. The lowest BCUT2D eigenvalue weighted by Crippen LogP contribution is -2.05. The lowest BCUT2D eigenvalue weighted by Gasteiger charge is -2.09. The number of benzene rings is 1. The van der Waals surface area contributed by atoms with Gasteiger partial charge < -0.3 is 5.73 Å². The van der Waals surface area contributed by atoms with E-state index < -0.39 is 0 Å². The molecule has 2 aromatic rings. The number of aromatic nitrogens is 2. The summed E-state index contributed by atoms with van der Waals surface area (Å²) in [4.78, 5) is 8.21. The number of aryl methyl sites for hydroxylation is 1. The maximum atomic E-state index is 13.7. The van der Waals surface area contributed by atoms with Crippen molar-refractivity contribution in [2.45, 2.75) is 6.92 Å². The predicted octanol–water partition coefficient (Wildman–Crippen LogP) is 2.52. The topological polar surface area (TPSA) is 51.8 Å². The van der Waals surface area contributed by atoms with Gasteiger partial charge in [0, 0.05) is 10.9 Å². The summed E-state index contributed by atoms with van der Waals surface area (Å²) in [6, 6.07) is 6.36. The highest BCUT2D eigenvalue weighted by Gasteiger charge is 2.13. The Morgan fingerprint density at radius 3 is 2.65 bits per heavy atom. The summed E-state index contributed by atoms with van der Waals surface area (Å²) in [5.74, 6) is 0.398. The number of thiocarbonyl (C=S) groups is 1. The first-order valence-electron chi connectivity index (χ1n) is 4.97. The van der Waals surface area contributed by atoms with Crippen LogP contribution < -0.4 is 5.73 Å². The van der Waals surface area contributed by atoms with Gasteiger partial charge in [-0.05, 0) is 19.1 Å². The van der Waals surface area contributed by atoms with E-state index in [0.717, 1.165) is 0 Å². The predicted molar refractivity (Wildman–Crippen MR) is 69.3 cm³/mol. The summed E-state index contributed by atoms with van der Waals surface area (Å²) in [6.07, 6.45) is 0. The van der Waals surface area contributed by atoms with E-state index >= 15 is 0 Å². The standard InChI is InChI=1S/C12H10FN3S/c1-7-15-11(9(6-17)12(14)16-7)8-4-2-3-5-10(8)13/h2-6H,1H3,(H2,14,15,16). The number of anilines is 1. The molecule has 1 heterocycles. The zero-order chi connectivity index (χ0) is 12.4. The van der Waals surface area contributed by atoms with Crippen LogP contribution in [-0.2, 0) is 0 Å². The molecule has 1 aromatic carbocycles.